The fourth-order valence-corrected chi connectivity index (χ4v) is 1.20. The standard InChI is InChI=1S/C11H16O3/c1-9(13)11(7-8-12)14-10-5-3-2-4-6-10/h2-6,9,11-13H,7-8H2,1H3. The third-order valence-corrected chi connectivity index (χ3v) is 1.98. The van der Waals surface area contributed by atoms with Gasteiger partial charge >= 0.3 is 0 Å². The largest absolute Gasteiger partial charge is 0.488 e. The molecule has 1 rings (SSSR count). The van der Waals surface area contributed by atoms with Gasteiger partial charge in [-0.05, 0) is 19.1 Å². The van der Waals surface area contributed by atoms with E-state index >= 15 is 0 Å². The van der Waals surface area contributed by atoms with Gasteiger partial charge in [0.15, 0.2) is 0 Å². The molecule has 0 bridgehead atoms. The van der Waals surface area contributed by atoms with Crippen LogP contribution in [-0.4, -0.2) is 29.0 Å². The molecule has 0 fully saturated rings. The van der Waals surface area contributed by atoms with Crippen LogP contribution in [0.3, 0.4) is 0 Å². The fourth-order valence-electron chi connectivity index (χ4n) is 1.20. The molecule has 0 radical (unpaired) electrons. The van der Waals surface area contributed by atoms with E-state index in [0.717, 1.165) is 0 Å². The van der Waals surface area contributed by atoms with Crippen LogP contribution in [0, 0.1) is 0 Å². The molecule has 0 saturated heterocycles. The number of hydrogen-bond acceptors (Lipinski definition) is 3. The average molecular weight is 196 g/mol. The highest BCUT2D eigenvalue weighted by molar-refractivity contribution is 5.21. The van der Waals surface area contributed by atoms with Gasteiger partial charge in [-0.3, -0.25) is 0 Å². The van der Waals surface area contributed by atoms with Gasteiger partial charge in [0.05, 0.1) is 6.10 Å². The van der Waals surface area contributed by atoms with Crippen LogP contribution in [0.1, 0.15) is 13.3 Å². The van der Waals surface area contributed by atoms with Gasteiger partial charge in [0.2, 0.25) is 0 Å². The van der Waals surface area contributed by atoms with E-state index in [1.54, 1.807) is 6.92 Å². The lowest BCUT2D eigenvalue weighted by molar-refractivity contribution is 0.0327. The second-order valence-electron chi connectivity index (χ2n) is 3.22. The molecule has 0 aliphatic rings. The summed E-state index contributed by atoms with van der Waals surface area (Å²) in [6.07, 6.45) is -0.489. The van der Waals surface area contributed by atoms with Crippen molar-refractivity contribution in [3.05, 3.63) is 30.3 Å². The Bertz CT molecular complexity index is 246. The van der Waals surface area contributed by atoms with Gasteiger partial charge in [0, 0.05) is 13.0 Å². The predicted molar refractivity (Wildman–Crippen MR) is 54.2 cm³/mol. The number of rotatable bonds is 5. The summed E-state index contributed by atoms with van der Waals surface area (Å²) in [7, 11) is 0. The molecular weight excluding hydrogens is 180 g/mol. The summed E-state index contributed by atoms with van der Waals surface area (Å²) < 4.78 is 5.51. The molecule has 3 heteroatoms. The number of para-hydroxylation sites is 1. The van der Waals surface area contributed by atoms with E-state index in [1.807, 2.05) is 30.3 Å². The SMILES string of the molecule is CC(O)C(CCO)Oc1ccccc1. The Kier molecular flexibility index (Phi) is 4.43. The number of aliphatic hydroxyl groups is 2. The van der Waals surface area contributed by atoms with Crippen molar-refractivity contribution >= 4 is 0 Å². The first-order valence-electron chi connectivity index (χ1n) is 4.74. The Morgan fingerprint density at radius 1 is 1.29 bits per heavy atom. The minimum absolute atomic E-state index is 0.0163. The maximum absolute atomic E-state index is 9.37. The Labute approximate surface area is 84.0 Å². The van der Waals surface area contributed by atoms with Gasteiger partial charge in [-0.15, -0.1) is 0 Å². The van der Waals surface area contributed by atoms with Crippen molar-refractivity contribution in [3.63, 3.8) is 0 Å². The average Bonchev–Trinajstić information content (AvgIpc) is 2.18. The number of aliphatic hydroxyl groups excluding tert-OH is 2. The molecule has 2 atom stereocenters. The molecule has 14 heavy (non-hydrogen) atoms. The van der Waals surface area contributed by atoms with Gasteiger partial charge < -0.3 is 14.9 Å². The maximum atomic E-state index is 9.37. The highest BCUT2D eigenvalue weighted by Crippen LogP contribution is 2.14. The van der Waals surface area contributed by atoms with E-state index in [2.05, 4.69) is 0 Å². The Balaban J connectivity index is 2.55. The molecule has 0 saturated carbocycles. The molecule has 0 amide bonds. The molecule has 1 aromatic carbocycles. The Morgan fingerprint density at radius 2 is 1.93 bits per heavy atom. The minimum Gasteiger partial charge on any atom is -0.488 e. The van der Waals surface area contributed by atoms with Crippen molar-refractivity contribution in [3.8, 4) is 5.75 Å². The summed E-state index contributed by atoms with van der Waals surface area (Å²) in [5.41, 5.74) is 0. The summed E-state index contributed by atoms with van der Waals surface area (Å²) in [5, 5.41) is 18.1. The quantitative estimate of drug-likeness (QED) is 0.744. The molecule has 78 valence electrons. The molecule has 1 aromatic rings. The van der Waals surface area contributed by atoms with Crippen LogP contribution in [0.25, 0.3) is 0 Å². The van der Waals surface area contributed by atoms with E-state index < -0.39 is 6.10 Å². The summed E-state index contributed by atoms with van der Waals surface area (Å²) in [6, 6.07) is 9.29. The van der Waals surface area contributed by atoms with Gasteiger partial charge in [-0.1, -0.05) is 18.2 Å². The monoisotopic (exact) mass is 196 g/mol. The van der Waals surface area contributed by atoms with Gasteiger partial charge in [-0.25, -0.2) is 0 Å². The van der Waals surface area contributed by atoms with E-state index in [0.29, 0.717) is 12.2 Å². The van der Waals surface area contributed by atoms with Gasteiger partial charge in [0.1, 0.15) is 11.9 Å². The highest BCUT2D eigenvalue weighted by atomic mass is 16.5. The van der Waals surface area contributed by atoms with E-state index in [4.69, 9.17) is 9.84 Å². The summed E-state index contributed by atoms with van der Waals surface area (Å²) >= 11 is 0. The molecule has 0 aliphatic carbocycles. The fraction of sp³-hybridized carbons (Fsp3) is 0.455. The van der Waals surface area contributed by atoms with Crippen LogP contribution in [0.5, 0.6) is 5.75 Å². The topological polar surface area (TPSA) is 49.7 Å². The zero-order valence-corrected chi connectivity index (χ0v) is 8.26. The van der Waals surface area contributed by atoms with Crippen molar-refractivity contribution in [2.75, 3.05) is 6.61 Å². The van der Waals surface area contributed by atoms with Crippen LogP contribution < -0.4 is 4.74 Å². The first-order chi connectivity index (χ1) is 6.74. The van der Waals surface area contributed by atoms with Crippen molar-refractivity contribution in [2.45, 2.75) is 25.6 Å². The predicted octanol–water partition coefficient (Wildman–Crippen LogP) is 1.20. The second-order valence-corrected chi connectivity index (χ2v) is 3.22. The molecular formula is C11H16O3. The van der Waals surface area contributed by atoms with Crippen LogP contribution in [-0.2, 0) is 0 Å². The summed E-state index contributed by atoms with van der Waals surface area (Å²) in [4.78, 5) is 0. The lowest BCUT2D eigenvalue weighted by atomic mass is 10.1. The van der Waals surface area contributed by atoms with Gasteiger partial charge in [0.25, 0.3) is 0 Å². The second kappa shape index (κ2) is 5.62. The van der Waals surface area contributed by atoms with Gasteiger partial charge in [-0.2, -0.15) is 0 Å². The third-order valence-electron chi connectivity index (χ3n) is 1.98. The molecule has 0 aliphatic heterocycles. The third kappa shape index (κ3) is 3.36. The number of hydrogen-bond donors (Lipinski definition) is 2. The van der Waals surface area contributed by atoms with Crippen LogP contribution in [0.2, 0.25) is 0 Å². The Morgan fingerprint density at radius 3 is 2.43 bits per heavy atom. The van der Waals surface area contributed by atoms with E-state index in [1.165, 1.54) is 0 Å². The zero-order chi connectivity index (χ0) is 10.4. The Hall–Kier alpha value is -1.06. The molecule has 0 heterocycles. The van der Waals surface area contributed by atoms with E-state index in [-0.39, 0.29) is 12.7 Å². The molecule has 0 spiro atoms. The maximum Gasteiger partial charge on any atom is 0.126 e. The van der Waals surface area contributed by atoms with E-state index in [9.17, 15) is 5.11 Å². The smallest absolute Gasteiger partial charge is 0.126 e. The summed E-state index contributed by atoms with van der Waals surface area (Å²) in [6.45, 7) is 1.67. The highest BCUT2D eigenvalue weighted by Gasteiger charge is 2.15. The lowest BCUT2D eigenvalue weighted by Gasteiger charge is -2.20. The van der Waals surface area contributed by atoms with Crippen LogP contribution >= 0.6 is 0 Å². The number of ether oxygens (including phenoxy) is 1. The van der Waals surface area contributed by atoms with Crippen molar-refractivity contribution in [1.82, 2.24) is 0 Å². The zero-order valence-electron chi connectivity index (χ0n) is 8.26. The normalized spacial score (nSPS) is 14.8. The lowest BCUT2D eigenvalue weighted by Crippen LogP contribution is -2.30. The van der Waals surface area contributed by atoms with Crippen LogP contribution in [0.15, 0.2) is 30.3 Å². The van der Waals surface area contributed by atoms with Crippen molar-refractivity contribution < 1.29 is 14.9 Å². The van der Waals surface area contributed by atoms with Crippen molar-refractivity contribution in [2.24, 2.45) is 0 Å². The van der Waals surface area contributed by atoms with Crippen molar-refractivity contribution in [1.29, 1.82) is 0 Å². The first-order valence-corrected chi connectivity index (χ1v) is 4.74. The molecule has 2 unspecified atom stereocenters. The first kappa shape index (κ1) is 11.0. The molecule has 2 N–H and O–H groups in total. The molecule has 3 nitrogen and oxygen atoms in total. The minimum atomic E-state index is -0.581. The molecule has 0 aromatic heterocycles. The summed E-state index contributed by atoms with van der Waals surface area (Å²) in [5.74, 6) is 0.715. The number of benzene rings is 1. The van der Waals surface area contributed by atoms with Crippen LogP contribution in [0.4, 0.5) is 0 Å².